The van der Waals surface area contributed by atoms with Crippen LogP contribution in [0.1, 0.15) is 71.3 Å². The van der Waals surface area contributed by atoms with E-state index in [1.807, 2.05) is 32.5 Å². The lowest BCUT2D eigenvalue weighted by Gasteiger charge is -2.30. The van der Waals surface area contributed by atoms with Gasteiger partial charge in [-0.05, 0) is 63.2 Å². The highest BCUT2D eigenvalue weighted by Crippen LogP contribution is 2.34. The maximum absolute atomic E-state index is 12.4. The van der Waals surface area contributed by atoms with Crippen molar-refractivity contribution in [2.45, 2.75) is 76.2 Å². The molecule has 0 amide bonds. The first kappa shape index (κ1) is 21.8. The Hall–Kier alpha value is -0.480. The number of rotatable bonds is 9. The Balaban J connectivity index is 1.55. The van der Waals surface area contributed by atoms with E-state index < -0.39 is 14.6 Å². The number of hydrogen-bond acceptors (Lipinski definition) is 3. The summed E-state index contributed by atoms with van der Waals surface area (Å²) < 4.78 is 24.1. The Labute approximate surface area is 165 Å². The van der Waals surface area contributed by atoms with Crippen molar-refractivity contribution in [2.75, 3.05) is 11.5 Å². The van der Waals surface area contributed by atoms with Crippen LogP contribution in [0.2, 0.25) is 0 Å². The third kappa shape index (κ3) is 7.26. The van der Waals surface area contributed by atoms with Gasteiger partial charge in [-0.3, -0.25) is 0 Å². The zero-order valence-corrected chi connectivity index (χ0v) is 18.4. The third-order valence-corrected chi connectivity index (χ3v) is 9.51. The molecule has 148 valence electrons. The summed E-state index contributed by atoms with van der Waals surface area (Å²) in [5.41, 5.74) is 1.42. The van der Waals surface area contributed by atoms with Crippen LogP contribution >= 0.6 is 11.8 Å². The van der Waals surface area contributed by atoms with Gasteiger partial charge in [0.1, 0.15) is 0 Å². The second-order valence-electron chi connectivity index (χ2n) is 8.81. The van der Waals surface area contributed by atoms with Gasteiger partial charge < -0.3 is 0 Å². The van der Waals surface area contributed by atoms with Crippen LogP contribution in [0.25, 0.3) is 0 Å². The summed E-state index contributed by atoms with van der Waals surface area (Å²) in [5, 5.41) is 0. The SMILES string of the molecule is CC(C)(C)S(=O)(=O)CC1CCC(CCCCSCc2ccccc2)CC1. The van der Waals surface area contributed by atoms with Gasteiger partial charge in [-0.1, -0.05) is 56.0 Å². The van der Waals surface area contributed by atoms with Crippen molar-refractivity contribution >= 4 is 21.6 Å². The largest absolute Gasteiger partial charge is 0.228 e. The number of unbranched alkanes of at least 4 members (excludes halogenated alkanes) is 1. The van der Waals surface area contributed by atoms with Crippen LogP contribution in [-0.4, -0.2) is 24.7 Å². The molecule has 0 radical (unpaired) electrons. The molecular weight excluding hydrogens is 360 g/mol. The van der Waals surface area contributed by atoms with E-state index in [-0.39, 0.29) is 0 Å². The summed E-state index contributed by atoms with van der Waals surface area (Å²) in [6.07, 6.45) is 8.59. The summed E-state index contributed by atoms with van der Waals surface area (Å²) in [7, 11) is -2.97. The van der Waals surface area contributed by atoms with E-state index >= 15 is 0 Å². The lowest BCUT2D eigenvalue weighted by molar-refractivity contribution is 0.273. The van der Waals surface area contributed by atoms with E-state index in [1.165, 1.54) is 43.4 Å². The minimum Gasteiger partial charge on any atom is -0.228 e. The third-order valence-electron chi connectivity index (χ3n) is 5.62. The second kappa shape index (κ2) is 10.2. The van der Waals surface area contributed by atoms with E-state index in [0.717, 1.165) is 24.5 Å². The standard InChI is InChI=1S/C22H36O2S2/c1-22(2,3)26(23,24)18-21-14-12-19(13-15-21)9-7-8-16-25-17-20-10-5-4-6-11-20/h4-6,10-11,19,21H,7-9,12-18H2,1-3H3. The summed E-state index contributed by atoms with van der Waals surface area (Å²) in [6.45, 7) is 5.47. The van der Waals surface area contributed by atoms with Crippen LogP contribution < -0.4 is 0 Å². The first-order valence-corrected chi connectivity index (χ1v) is 12.9. The molecule has 0 unspecified atom stereocenters. The topological polar surface area (TPSA) is 34.1 Å². The number of sulfone groups is 1. The average molecular weight is 397 g/mol. The normalized spacial score (nSPS) is 21.7. The average Bonchev–Trinajstić information content (AvgIpc) is 2.59. The van der Waals surface area contributed by atoms with Crippen molar-refractivity contribution < 1.29 is 8.42 Å². The predicted octanol–water partition coefficient (Wildman–Crippen LogP) is 6.11. The molecule has 0 heterocycles. The molecule has 2 rings (SSSR count). The number of thioether (sulfide) groups is 1. The maximum Gasteiger partial charge on any atom is 0.155 e. The molecule has 2 nitrogen and oxygen atoms in total. The Bertz CT molecular complexity index is 609. The smallest absolute Gasteiger partial charge is 0.155 e. The second-order valence-corrected chi connectivity index (χ2v) is 12.7. The molecule has 4 heteroatoms. The highest BCUT2D eigenvalue weighted by Gasteiger charge is 2.33. The molecule has 0 aliphatic heterocycles. The van der Waals surface area contributed by atoms with Crippen LogP contribution in [0, 0.1) is 11.8 Å². The molecule has 1 aromatic carbocycles. The van der Waals surface area contributed by atoms with Gasteiger partial charge in [-0.15, -0.1) is 0 Å². The Morgan fingerprint density at radius 1 is 0.962 bits per heavy atom. The van der Waals surface area contributed by atoms with Crippen LogP contribution in [-0.2, 0) is 15.6 Å². The molecule has 1 aliphatic carbocycles. The number of benzene rings is 1. The molecule has 1 aromatic rings. The molecule has 1 fully saturated rings. The Morgan fingerprint density at radius 3 is 2.19 bits per heavy atom. The van der Waals surface area contributed by atoms with E-state index in [9.17, 15) is 8.42 Å². The van der Waals surface area contributed by atoms with Crippen LogP contribution in [0.4, 0.5) is 0 Å². The molecule has 26 heavy (non-hydrogen) atoms. The molecular formula is C22H36O2S2. The first-order valence-electron chi connectivity index (χ1n) is 10.1. The number of hydrogen-bond donors (Lipinski definition) is 0. The van der Waals surface area contributed by atoms with Crippen LogP contribution in [0.15, 0.2) is 30.3 Å². The molecule has 1 saturated carbocycles. The highest BCUT2D eigenvalue weighted by atomic mass is 32.2. The fourth-order valence-corrected chi connectivity index (χ4v) is 6.08. The Morgan fingerprint density at radius 2 is 1.58 bits per heavy atom. The predicted molar refractivity (Wildman–Crippen MR) is 115 cm³/mol. The van der Waals surface area contributed by atoms with Gasteiger partial charge in [0, 0.05) is 5.75 Å². The molecule has 0 saturated heterocycles. The Kier molecular flexibility index (Phi) is 8.53. The minimum atomic E-state index is -2.97. The lowest BCUT2D eigenvalue weighted by atomic mass is 9.80. The fraction of sp³-hybridized carbons (Fsp3) is 0.727. The summed E-state index contributed by atoms with van der Waals surface area (Å²) in [5.74, 6) is 3.96. The van der Waals surface area contributed by atoms with Gasteiger partial charge >= 0.3 is 0 Å². The van der Waals surface area contributed by atoms with Crippen molar-refractivity contribution in [1.29, 1.82) is 0 Å². The van der Waals surface area contributed by atoms with Gasteiger partial charge in [-0.25, -0.2) is 8.42 Å². The molecule has 0 N–H and O–H groups in total. The zero-order chi connectivity index (χ0) is 19.0. The van der Waals surface area contributed by atoms with Crippen LogP contribution in [0.3, 0.4) is 0 Å². The summed E-state index contributed by atoms with van der Waals surface area (Å²) in [6, 6.07) is 10.7. The monoisotopic (exact) mass is 396 g/mol. The van der Waals surface area contributed by atoms with Crippen molar-refractivity contribution in [1.82, 2.24) is 0 Å². The van der Waals surface area contributed by atoms with Crippen LogP contribution in [0.5, 0.6) is 0 Å². The molecule has 0 spiro atoms. The van der Waals surface area contributed by atoms with E-state index in [0.29, 0.717) is 11.7 Å². The summed E-state index contributed by atoms with van der Waals surface area (Å²) in [4.78, 5) is 0. The fourth-order valence-electron chi connectivity index (χ4n) is 3.65. The lowest BCUT2D eigenvalue weighted by Crippen LogP contribution is -2.34. The zero-order valence-electron chi connectivity index (χ0n) is 16.7. The van der Waals surface area contributed by atoms with Gasteiger partial charge in [0.15, 0.2) is 9.84 Å². The highest BCUT2D eigenvalue weighted by molar-refractivity contribution is 7.98. The van der Waals surface area contributed by atoms with Crippen molar-refractivity contribution in [3.8, 4) is 0 Å². The van der Waals surface area contributed by atoms with E-state index in [2.05, 4.69) is 30.3 Å². The quantitative estimate of drug-likeness (QED) is 0.472. The maximum atomic E-state index is 12.4. The first-order chi connectivity index (χ1) is 12.3. The molecule has 0 bridgehead atoms. The van der Waals surface area contributed by atoms with E-state index in [4.69, 9.17) is 0 Å². The van der Waals surface area contributed by atoms with Gasteiger partial charge in [0.25, 0.3) is 0 Å². The molecule has 0 atom stereocenters. The molecule has 0 aromatic heterocycles. The molecule has 1 aliphatic rings. The van der Waals surface area contributed by atoms with Crippen molar-refractivity contribution in [3.05, 3.63) is 35.9 Å². The van der Waals surface area contributed by atoms with Gasteiger partial charge in [-0.2, -0.15) is 11.8 Å². The van der Waals surface area contributed by atoms with Crippen molar-refractivity contribution in [3.63, 3.8) is 0 Å². The summed E-state index contributed by atoms with van der Waals surface area (Å²) >= 11 is 2.04. The van der Waals surface area contributed by atoms with E-state index in [1.54, 1.807) is 0 Å². The van der Waals surface area contributed by atoms with Crippen molar-refractivity contribution in [2.24, 2.45) is 11.8 Å². The minimum absolute atomic E-state index is 0.386. The van der Waals surface area contributed by atoms with Gasteiger partial charge in [0.05, 0.1) is 10.5 Å². The van der Waals surface area contributed by atoms with Gasteiger partial charge in [0.2, 0.25) is 0 Å².